The van der Waals surface area contributed by atoms with Crippen molar-refractivity contribution in [1.29, 1.82) is 0 Å². The lowest BCUT2D eigenvalue weighted by Gasteiger charge is -2.10. The fourth-order valence-corrected chi connectivity index (χ4v) is 2.65. The molecule has 0 aliphatic carbocycles. The lowest BCUT2D eigenvalue weighted by Crippen LogP contribution is -2.23. The average Bonchev–Trinajstić information content (AvgIpc) is 2.93. The summed E-state index contributed by atoms with van der Waals surface area (Å²) in [5.41, 5.74) is 1.67. The van der Waals surface area contributed by atoms with Gasteiger partial charge in [-0.3, -0.25) is 9.48 Å². The molecule has 2 heterocycles. The largest absolute Gasteiger partial charge is 0.453 e. The van der Waals surface area contributed by atoms with Gasteiger partial charge in [-0.05, 0) is 29.0 Å². The third kappa shape index (κ3) is 2.19. The summed E-state index contributed by atoms with van der Waals surface area (Å²) in [7, 11) is 3.58. The molecule has 7 heteroatoms. The van der Waals surface area contributed by atoms with E-state index in [2.05, 4.69) is 31.7 Å². The maximum absolute atomic E-state index is 11.8. The summed E-state index contributed by atoms with van der Waals surface area (Å²) < 4.78 is 8.21. The molecule has 1 amide bonds. The summed E-state index contributed by atoms with van der Waals surface area (Å²) in [4.78, 5) is 11.8. The van der Waals surface area contributed by atoms with Crippen LogP contribution in [0.3, 0.4) is 0 Å². The molecule has 0 saturated heterocycles. The summed E-state index contributed by atoms with van der Waals surface area (Å²) >= 11 is 3.47. The zero-order valence-corrected chi connectivity index (χ0v) is 12.6. The minimum Gasteiger partial charge on any atom is -0.453 e. The second kappa shape index (κ2) is 4.92. The highest BCUT2D eigenvalue weighted by Gasteiger charge is 2.30. The highest BCUT2D eigenvalue weighted by molar-refractivity contribution is 9.10. The lowest BCUT2D eigenvalue weighted by molar-refractivity contribution is -0.117. The molecule has 0 spiro atoms. The van der Waals surface area contributed by atoms with Gasteiger partial charge in [0.2, 0.25) is 5.91 Å². The third-order valence-electron chi connectivity index (χ3n) is 3.13. The Labute approximate surface area is 124 Å². The predicted molar refractivity (Wildman–Crippen MR) is 77.9 cm³/mol. The molecule has 1 aromatic carbocycles. The van der Waals surface area contributed by atoms with Crippen LogP contribution < -0.4 is 15.4 Å². The summed E-state index contributed by atoms with van der Waals surface area (Å²) in [5.74, 6) is 1.21. The number of benzene rings is 1. The van der Waals surface area contributed by atoms with Crippen LogP contribution in [0.4, 0.5) is 5.69 Å². The molecule has 0 bridgehead atoms. The van der Waals surface area contributed by atoms with E-state index in [0.29, 0.717) is 11.5 Å². The highest BCUT2D eigenvalue weighted by Crippen LogP contribution is 2.40. The van der Waals surface area contributed by atoms with Gasteiger partial charge in [0.1, 0.15) is 11.8 Å². The van der Waals surface area contributed by atoms with E-state index in [4.69, 9.17) is 4.74 Å². The summed E-state index contributed by atoms with van der Waals surface area (Å²) in [5, 5.41) is 9.87. The number of halogens is 1. The number of hydrogen-bond donors (Lipinski definition) is 2. The molecule has 1 atom stereocenters. The third-order valence-corrected chi connectivity index (χ3v) is 3.75. The maximum Gasteiger partial charge on any atom is 0.246 e. The van der Waals surface area contributed by atoms with E-state index in [9.17, 15) is 4.79 Å². The Bertz CT molecular complexity index is 683. The number of ether oxygens (including phenoxy) is 1. The number of carbonyl (C=O) groups excluding carboxylic acids is 1. The number of hydrogen-bond acceptors (Lipinski definition) is 4. The van der Waals surface area contributed by atoms with Crippen LogP contribution in [-0.4, -0.2) is 22.7 Å². The molecule has 1 aromatic heterocycles. The van der Waals surface area contributed by atoms with Gasteiger partial charge in [0.25, 0.3) is 0 Å². The van der Waals surface area contributed by atoms with Crippen molar-refractivity contribution in [2.75, 3.05) is 12.4 Å². The first-order valence-electron chi connectivity index (χ1n) is 6.06. The number of aromatic nitrogens is 2. The molecule has 1 unspecified atom stereocenters. The van der Waals surface area contributed by atoms with Gasteiger partial charge in [-0.1, -0.05) is 0 Å². The minimum absolute atomic E-state index is 0.0621. The highest BCUT2D eigenvalue weighted by atomic mass is 79.9. The number of aryl methyl sites for hydroxylation is 1. The second-order valence-electron chi connectivity index (χ2n) is 4.53. The smallest absolute Gasteiger partial charge is 0.246 e. The quantitative estimate of drug-likeness (QED) is 0.901. The molecule has 6 nitrogen and oxygen atoms in total. The second-order valence-corrected chi connectivity index (χ2v) is 5.39. The van der Waals surface area contributed by atoms with Crippen molar-refractivity contribution < 1.29 is 9.53 Å². The Morgan fingerprint density at radius 2 is 2.30 bits per heavy atom. The lowest BCUT2D eigenvalue weighted by atomic mass is 10.1. The van der Waals surface area contributed by atoms with E-state index >= 15 is 0 Å². The molecule has 0 saturated carbocycles. The minimum atomic E-state index is -0.325. The molecule has 0 fully saturated rings. The summed E-state index contributed by atoms with van der Waals surface area (Å²) in [6.45, 7) is 0. The van der Waals surface area contributed by atoms with Crippen LogP contribution >= 0.6 is 15.9 Å². The number of nitrogens with zero attached hydrogens (tertiary/aromatic N) is 2. The van der Waals surface area contributed by atoms with E-state index in [1.807, 2.05) is 19.2 Å². The topological polar surface area (TPSA) is 68.2 Å². The molecule has 1 aliphatic heterocycles. The Balaban J connectivity index is 1.95. The van der Waals surface area contributed by atoms with Crippen LogP contribution in [0, 0.1) is 0 Å². The first-order valence-corrected chi connectivity index (χ1v) is 6.86. The van der Waals surface area contributed by atoms with Crippen LogP contribution in [0.5, 0.6) is 11.5 Å². The van der Waals surface area contributed by atoms with Gasteiger partial charge in [0.05, 0.1) is 16.9 Å². The zero-order valence-electron chi connectivity index (χ0n) is 11.0. The Morgan fingerprint density at radius 1 is 1.50 bits per heavy atom. The molecule has 3 rings (SSSR count). The molecule has 20 heavy (non-hydrogen) atoms. The SMILES string of the molecule is CNC1C(=O)Nc2cc(Oc3cnn(C)c3)c(Br)cc21. The normalized spacial score (nSPS) is 16.9. The number of rotatable bonds is 3. The molecule has 2 aromatic rings. The standard InChI is InChI=1S/C13H13BrN4O2/c1-15-12-8-3-9(14)11(4-10(8)17-13(12)19)20-7-5-16-18(2)6-7/h3-6,12,15H,1-2H3,(H,17,19). The Morgan fingerprint density at radius 3 is 2.95 bits per heavy atom. The number of nitrogens with one attached hydrogen (secondary N) is 2. The molecule has 2 N–H and O–H groups in total. The molecule has 0 radical (unpaired) electrons. The molecular formula is C13H13BrN4O2. The monoisotopic (exact) mass is 336 g/mol. The number of amides is 1. The van der Waals surface area contributed by atoms with Gasteiger partial charge in [-0.25, -0.2) is 0 Å². The predicted octanol–water partition coefficient (Wildman–Crippen LogP) is 2.19. The van der Waals surface area contributed by atoms with E-state index in [-0.39, 0.29) is 11.9 Å². The zero-order chi connectivity index (χ0) is 14.3. The Hall–Kier alpha value is -1.86. The van der Waals surface area contributed by atoms with Crippen LogP contribution in [0.25, 0.3) is 0 Å². The summed E-state index contributed by atoms with van der Waals surface area (Å²) in [6, 6.07) is 3.37. The van der Waals surface area contributed by atoms with Gasteiger partial charge < -0.3 is 15.4 Å². The van der Waals surface area contributed by atoms with E-state index < -0.39 is 0 Å². The van der Waals surface area contributed by atoms with Crippen molar-refractivity contribution in [3.05, 3.63) is 34.6 Å². The molecular weight excluding hydrogens is 324 g/mol. The first kappa shape index (κ1) is 13.1. The number of anilines is 1. The van der Waals surface area contributed by atoms with Gasteiger partial charge in [0.15, 0.2) is 5.75 Å². The van der Waals surface area contributed by atoms with E-state index in [1.54, 1.807) is 24.1 Å². The average molecular weight is 337 g/mol. The van der Waals surface area contributed by atoms with Crippen molar-refractivity contribution in [3.63, 3.8) is 0 Å². The fourth-order valence-electron chi connectivity index (χ4n) is 2.21. The van der Waals surface area contributed by atoms with Gasteiger partial charge >= 0.3 is 0 Å². The van der Waals surface area contributed by atoms with Crippen molar-refractivity contribution >= 4 is 27.5 Å². The van der Waals surface area contributed by atoms with Crippen molar-refractivity contribution in [3.8, 4) is 11.5 Å². The van der Waals surface area contributed by atoms with Crippen molar-refractivity contribution in [1.82, 2.24) is 15.1 Å². The van der Waals surface area contributed by atoms with Crippen molar-refractivity contribution in [2.45, 2.75) is 6.04 Å². The summed E-state index contributed by atoms with van der Waals surface area (Å²) in [6.07, 6.45) is 3.41. The van der Waals surface area contributed by atoms with Crippen LogP contribution in [0.15, 0.2) is 29.0 Å². The van der Waals surface area contributed by atoms with E-state index in [0.717, 1.165) is 15.7 Å². The fraction of sp³-hybridized carbons (Fsp3) is 0.231. The van der Waals surface area contributed by atoms with Gasteiger partial charge in [0, 0.05) is 24.4 Å². The maximum atomic E-state index is 11.8. The first-order chi connectivity index (χ1) is 9.58. The van der Waals surface area contributed by atoms with Gasteiger partial charge in [-0.2, -0.15) is 5.10 Å². The van der Waals surface area contributed by atoms with Crippen LogP contribution in [0.2, 0.25) is 0 Å². The Kier molecular flexibility index (Phi) is 3.23. The van der Waals surface area contributed by atoms with E-state index in [1.165, 1.54) is 0 Å². The number of likely N-dealkylation sites (N-methyl/N-ethyl adjacent to an activating group) is 1. The van der Waals surface area contributed by atoms with Crippen LogP contribution in [-0.2, 0) is 11.8 Å². The number of carbonyl (C=O) groups is 1. The molecule has 1 aliphatic rings. The van der Waals surface area contributed by atoms with Crippen molar-refractivity contribution in [2.24, 2.45) is 7.05 Å². The molecule has 104 valence electrons. The number of fused-ring (bicyclic) bond motifs is 1. The van der Waals surface area contributed by atoms with Gasteiger partial charge in [-0.15, -0.1) is 0 Å². The van der Waals surface area contributed by atoms with Crippen LogP contribution in [0.1, 0.15) is 11.6 Å².